The third kappa shape index (κ3) is 4.19. The third-order valence-corrected chi connectivity index (χ3v) is 3.78. The molecule has 0 radical (unpaired) electrons. The van der Waals surface area contributed by atoms with Gasteiger partial charge in [-0.15, -0.1) is 4.83 Å². The lowest BCUT2D eigenvalue weighted by Crippen LogP contribution is -2.36. The number of nitrogens with zero attached hydrogens (tertiary/aromatic N) is 1. The minimum atomic E-state index is -3.80. The quantitative estimate of drug-likeness (QED) is 0.720. The molecule has 0 unspecified atom stereocenters. The van der Waals surface area contributed by atoms with Crippen molar-refractivity contribution in [2.24, 2.45) is 0 Å². The second-order valence-electron chi connectivity index (χ2n) is 4.03. The second-order valence-corrected chi connectivity index (χ2v) is 5.66. The summed E-state index contributed by atoms with van der Waals surface area (Å²) in [4.78, 5) is 13.0. The van der Waals surface area contributed by atoms with Gasteiger partial charge in [-0.05, 0) is 23.8 Å². The highest BCUT2D eigenvalue weighted by Gasteiger charge is 2.21. The van der Waals surface area contributed by atoms with Gasteiger partial charge in [-0.25, -0.2) is 13.4 Å². The van der Waals surface area contributed by atoms with E-state index in [1.54, 1.807) is 0 Å². The molecule has 0 heterocycles. The lowest BCUT2D eigenvalue weighted by atomic mass is 10.1. The fourth-order valence-corrected chi connectivity index (χ4v) is 2.84. The van der Waals surface area contributed by atoms with Gasteiger partial charge in [0, 0.05) is 14.1 Å². The lowest BCUT2D eigenvalue weighted by Gasteiger charge is -2.15. The number of hydrogen-bond donors (Lipinski definition) is 2. The Morgan fingerprint density at radius 3 is 2.53 bits per heavy atom. The Balaban J connectivity index is 3.29. The molecule has 1 aromatic carbocycles. The standard InChI is InChI=1S/C11H16N2O5S/c1-13(2)12-19(16,17)10-5-4-9(18-3)6-8(10)7-11(14)15/h4-6,12H,7H2,1-3H3,(H,14,15). The molecule has 0 fully saturated rings. The molecule has 0 saturated carbocycles. The highest BCUT2D eigenvalue weighted by molar-refractivity contribution is 7.89. The van der Waals surface area contributed by atoms with Crippen molar-refractivity contribution >= 4 is 16.0 Å². The highest BCUT2D eigenvalue weighted by atomic mass is 32.2. The van der Waals surface area contributed by atoms with E-state index in [-0.39, 0.29) is 10.5 Å². The Morgan fingerprint density at radius 2 is 2.05 bits per heavy atom. The van der Waals surface area contributed by atoms with Crippen LogP contribution in [0.1, 0.15) is 5.56 Å². The number of ether oxygens (including phenoxy) is 1. The van der Waals surface area contributed by atoms with E-state index in [0.717, 1.165) is 0 Å². The number of hydrogen-bond acceptors (Lipinski definition) is 5. The van der Waals surface area contributed by atoms with Crippen molar-refractivity contribution in [2.75, 3.05) is 21.2 Å². The number of carboxylic acid groups (broad SMARTS) is 1. The van der Waals surface area contributed by atoms with E-state index in [1.807, 2.05) is 0 Å². The number of nitrogens with one attached hydrogen (secondary N) is 1. The van der Waals surface area contributed by atoms with Crippen LogP contribution in [0, 0.1) is 0 Å². The van der Waals surface area contributed by atoms with Gasteiger partial charge < -0.3 is 9.84 Å². The molecule has 0 atom stereocenters. The van der Waals surface area contributed by atoms with Crippen molar-refractivity contribution in [3.8, 4) is 5.75 Å². The number of benzene rings is 1. The van der Waals surface area contributed by atoms with E-state index >= 15 is 0 Å². The van der Waals surface area contributed by atoms with E-state index in [9.17, 15) is 13.2 Å². The maximum absolute atomic E-state index is 12.1. The average molecular weight is 288 g/mol. The van der Waals surface area contributed by atoms with Crippen LogP contribution in [0.5, 0.6) is 5.75 Å². The number of sulfonamides is 1. The molecule has 1 rings (SSSR count). The summed E-state index contributed by atoms with van der Waals surface area (Å²) in [6.07, 6.45) is -0.402. The summed E-state index contributed by atoms with van der Waals surface area (Å²) in [6, 6.07) is 4.19. The number of carbonyl (C=O) groups is 1. The number of aliphatic carboxylic acids is 1. The van der Waals surface area contributed by atoms with E-state index in [1.165, 1.54) is 44.4 Å². The van der Waals surface area contributed by atoms with Crippen LogP contribution < -0.4 is 9.57 Å². The summed E-state index contributed by atoms with van der Waals surface area (Å²) in [6.45, 7) is 0. The first-order valence-corrected chi connectivity index (χ1v) is 6.83. The van der Waals surface area contributed by atoms with Crippen LogP contribution >= 0.6 is 0 Å². The van der Waals surface area contributed by atoms with Crippen molar-refractivity contribution in [3.63, 3.8) is 0 Å². The normalized spacial score (nSPS) is 11.6. The van der Waals surface area contributed by atoms with Crippen LogP contribution in [0.25, 0.3) is 0 Å². The van der Waals surface area contributed by atoms with Gasteiger partial charge in [0.25, 0.3) is 10.0 Å². The Hall–Kier alpha value is -1.64. The summed E-state index contributed by atoms with van der Waals surface area (Å²) in [7, 11) is 0.670. The molecule has 0 aromatic heterocycles. The second kappa shape index (κ2) is 6.00. The smallest absolute Gasteiger partial charge is 0.307 e. The zero-order chi connectivity index (χ0) is 14.6. The Kier molecular flexibility index (Phi) is 4.87. The van der Waals surface area contributed by atoms with Crippen molar-refractivity contribution in [1.82, 2.24) is 9.84 Å². The lowest BCUT2D eigenvalue weighted by molar-refractivity contribution is -0.136. The number of hydrazine groups is 1. The average Bonchev–Trinajstić information content (AvgIpc) is 2.25. The summed E-state index contributed by atoms with van der Waals surface area (Å²) in [5.74, 6) is -0.713. The molecule has 106 valence electrons. The topological polar surface area (TPSA) is 95.9 Å². The maximum Gasteiger partial charge on any atom is 0.307 e. The third-order valence-electron chi connectivity index (χ3n) is 2.20. The van der Waals surface area contributed by atoms with E-state index in [0.29, 0.717) is 5.75 Å². The maximum atomic E-state index is 12.1. The first kappa shape index (κ1) is 15.4. The van der Waals surface area contributed by atoms with E-state index < -0.39 is 22.4 Å². The SMILES string of the molecule is COc1ccc(S(=O)(=O)NN(C)C)c(CC(=O)O)c1. The van der Waals surface area contributed by atoms with Crippen molar-refractivity contribution in [2.45, 2.75) is 11.3 Å². The monoisotopic (exact) mass is 288 g/mol. The first-order chi connectivity index (χ1) is 8.76. The Morgan fingerprint density at radius 1 is 1.42 bits per heavy atom. The molecular formula is C11H16N2O5S. The van der Waals surface area contributed by atoms with Crippen LogP contribution in [0.3, 0.4) is 0 Å². The summed E-state index contributed by atoms with van der Waals surface area (Å²) in [5, 5.41) is 10.1. The summed E-state index contributed by atoms with van der Waals surface area (Å²) in [5.41, 5.74) is 0.168. The molecule has 0 spiro atoms. The molecule has 0 amide bonds. The molecule has 0 aliphatic carbocycles. The van der Waals surface area contributed by atoms with Gasteiger partial charge in [0.1, 0.15) is 5.75 Å². The van der Waals surface area contributed by atoms with Crippen molar-refractivity contribution < 1.29 is 23.1 Å². The first-order valence-electron chi connectivity index (χ1n) is 5.34. The molecule has 0 aliphatic heterocycles. The van der Waals surface area contributed by atoms with Crippen LogP contribution in [-0.4, -0.2) is 45.7 Å². The van der Waals surface area contributed by atoms with E-state index in [4.69, 9.17) is 9.84 Å². The van der Waals surface area contributed by atoms with Crippen molar-refractivity contribution in [1.29, 1.82) is 0 Å². The van der Waals surface area contributed by atoms with E-state index in [2.05, 4.69) is 4.83 Å². The van der Waals surface area contributed by atoms with Crippen LogP contribution in [0.15, 0.2) is 23.1 Å². The van der Waals surface area contributed by atoms with Gasteiger partial charge >= 0.3 is 5.97 Å². The number of methoxy groups -OCH3 is 1. The summed E-state index contributed by atoms with van der Waals surface area (Å²) < 4.78 is 29.1. The fraction of sp³-hybridized carbons (Fsp3) is 0.364. The molecule has 1 aromatic rings. The van der Waals surface area contributed by atoms with Gasteiger partial charge in [0.05, 0.1) is 18.4 Å². The Bertz CT molecular complexity index is 568. The number of carboxylic acids is 1. The zero-order valence-electron chi connectivity index (χ0n) is 10.9. The predicted octanol–water partition coefficient (Wildman–Crippen LogP) is 0.0772. The van der Waals surface area contributed by atoms with Crippen molar-refractivity contribution in [3.05, 3.63) is 23.8 Å². The fourth-order valence-electron chi connectivity index (χ4n) is 1.54. The van der Waals surface area contributed by atoms with Gasteiger partial charge in [-0.1, -0.05) is 0 Å². The van der Waals surface area contributed by atoms with Gasteiger partial charge in [-0.2, -0.15) is 0 Å². The predicted molar refractivity (Wildman–Crippen MR) is 68.3 cm³/mol. The molecule has 0 aliphatic rings. The largest absolute Gasteiger partial charge is 0.497 e. The molecule has 7 nitrogen and oxygen atoms in total. The zero-order valence-corrected chi connectivity index (χ0v) is 11.7. The highest BCUT2D eigenvalue weighted by Crippen LogP contribution is 2.22. The van der Waals surface area contributed by atoms with Gasteiger partial charge in [-0.3, -0.25) is 4.79 Å². The number of rotatable bonds is 6. The molecule has 8 heteroatoms. The van der Waals surface area contributed by atoms with Crippen LogP contribution in [-0.2, 0) is 21.2 Å². The minimum Gasteiger partial charge on any atom is -0.497 e. The van der Waals surface area contributed by atoms with Crippen LogP contribution in [0.4, 0.5) is 0 Å². The summed E-state index contributed by atoms with van der Waals surface area (Å²) >= 11 is 0. The molecule has 0 saturated heterocycles. The van der Waals surface area contributed by atoms with Gasteiger partial charge in [0.15, 0.2) is 0 Å². The molecule has 2 N–H and O–H groups in total. The molecule has 0 bridgehead atoms. The Labute approximate surface area is 111 Å². The molecule has 19 heavy (non-hydrogen) atoms. The molecular weight excluding hydrogens is 272 g/mol. The van der Waals surface area contributed by atoms with Crippen LogP contribution in [0.2, 0.25) is 0 Å². The minimum absolute atomic E-state index is 0.0793. The van der Waals surface area contributed by atoms with Gasteiger partial charge in [0.2, 0.25) is 0 Å².